The van der Waals surface area contributed by atoms with Crippen molar-refractivity contribution in [3.63, 3.8) is 0 Å². The van der Waals surface area contributed by atoms with Gasteiger partial charge < -0.3 is 18.9 Å². The molecule has 0 aromatic heterocycles. The summed E-state index contributed by atoms with van der Waals surface area (Å²) < 4.78 is 21.7. The summed E-state index contributed by atoms with van der Waals surface area (Å²) in [5.74, 6) is 2.16. The molecule has 0 radical (unpaired) electrons. The number of hydrogen-bond acceptors (Lipinski definition) is 5. The SMILES string of the molecule is COc1c(C)c(C/C=C(\C)C=O)c(OC)c(OC)c1OC. The van der Waals surface area contributed by atoms with Gasteiger partial charge in [0.2, 0.25) is 11.5 Å². The minimum absolute atomic E-state index is 0.481. The molecular formula is C16H22O5. The van der Waals surface area contributed by atoms with Gasteiger partial charge in [-0.05, 0) is 25.8 Å². The molecule has 0 spiro atoms. The topological polar surface area (TPSA) is 54.0 Å². The van der Waals surface area contributed by atoms with Crippen LogP contribution in [-0.4, -0.2) is 34.7 Å². The predicted molar refractivity (Wildman–Crippen MR) is 80.9 cm³/mol. The third-order valence-corrected chi connectivity index (χ3v) is 3.32. The highest BCUT2D eigenvalue weighted by atomic mass is 16.5. The molecule has 0 bridgehead atoms. The van der Waals surface area contributed by atoms with Crippen molar-refractivity contribution in [2.45, 2.75) is 20.3 Å². The number of methoxy groups -OCH3 is 4. The first-order valence-electron chi connectivity index (χ1n) is 6.52. The van der Waals surface area contributed by atoms with Crippen molar-refractivity contribution in [2.75, 3.05) is 28.4 Å². The molecule has 0 saturated heterocycles. The van der Waals surface area contributed by atoms with Gasteiger partial charge in [-0.15, -0.1) is 0 Å². The smallest absolute Gasteiger partial charge is 0.207 e. The van der Waals surface area contributed by atoms with E-state index in [0.717, 1.165) is 17.4 Å². The number of allylic oxidation sites excluding steroid dienone is 2. The zero-order chi connectivity index (χ0) is 16.0. The molecule has 116 valence electrons. The fraction of sp³-hybridized carbons (Fsp3) is 0.438. The van der Waals surface area contributed by atoms with Crippen molar-refractivity contribution in [1.82, 2.24) is 0 Å². The van der Waals surface area contributed by atoms with Crippen LogP contribution in [0.2, 0.25) is 0 Å². The second-order valence-electron chi connectivity index (χ2n) is 4.51. The zero-order valence-electron chi connectivity index (χ0n) is 13.4. The summed E-state index contributed by atoms with van der Waals surface area (Å²) in [7, 11) is 6.25. The summed E-state index contributed by atoms with van der Waals surface area (Å²) in [5.41, 5.74) is 2.44. The van der Waals surface area contributed by atoms with Crippen molar-refractivity contribution in [3.05, 3.63) is 22.8 Å². The van der Waals surface area contributed by atoms with E-state index in [4.69, 9.17) is 18.9 Å². The van der Waals surface area contributed by atoms with Gasteiger partial charge in [-0.25, -0.2) is 0 Å². The molecule has 1 aromatic rings. The fourth-order valence-electron chi connectivity index (χ4n) is 2.21. The molecule has 0 aliphatic rings. The van der Waals surface area contributed by atoms with Gasteiger partial charge in [0.05, 0.1) is 28.4 Å². The largest absolute Gasteiger partial charge is 0.492 e. The Morgan fingerprint density at radius 2 is 1.38 bits per heavy atom. The van der Waals surface area contributed by atoms with Gasteiger partial charge in [-0.1, -0.05) is 6.08 Å². The highest BCUT2D eigenvalue weighted by Crippen LogP contribution is 2.49. The van der Waals surface area contributed by atoms with Crippen LogP contribution in [0.3, 0.4) is 0 Å². The number of rotatable bonds is 7. The molecular weight excluding hydrogens is 272 g/mol. The van der Waals surface area contributed by atoms with Crippen molar-refractivity contribution in [3.8, 4) is 23.0 Å². The van der Waals surface area contributed by atoms with Crippen molar-refractivity contribution < 1.29 is 23.7 Å². The second-order valence-corrected chi connectivity index (χ2v) is 4.51. The second kappa shape index (κ2) is 7.57. The molecule has 0 aliphatic carbocycles. The monoisotopic (exact) mass is 294 g/mol. The minimum Gasteiger partial charge on any atom is -0.492 e. The maximum Gasteiger partial charge on any atom is 0.207 e. The lowest BCUT2D eigenvalue weighted by atomic mass is 10.0. The van der Waals surface area contributed by atoms with E-state index in [-0.39, 0.29) is 0 Å². The van der Waals surface area contributed by atoms with E-state index in [0.29, 0.717) is 35.0 Å². The lowest BCUT2D eigenvalue weighted by Gasteiger charge is -2.21. The third kappa shape index (κ3) is 3.29. The van der Waals surface area contributed by atoms with Crippen LogP contribution < -0.4 is 18.9 Å². The summed E-state index contributed by atoms with van der Waals surface area (Å²) in [6, 6.07) is 0. The Balaban J connectivity index is 3.57. The van der Waals surface area contributed by atoms with Gasteiger partial charge in [0, 0.05) is 11.1 Å². The van der Waals surface area contributed by atoms with E-state index >= 15 is 0 Å². The molecule has 0 atom stereocenters. The fourth-order valence-corrected chi connectivity index (χ4v) is 2.21. The van der Waals surface area contributed by atoms with Gasteiger partial charge in [0.15, 0.2) is 11.5 Å². The molecule has 1 rings (SSSR count). The summed E-state index contributed by atoms with van der Waals surface area (Å²) in [6.07, 6.45) is 3.19. The average Bonchev–Trinajstić information content (AvgIpc) is 2.51. The van der Waals surface area contributed by atoms with Crippen LogP contribution >= 0.6 is 0 Å². The first-order chi connectivity index (χ1) is 10.0. The van der Waals surface area contributed by atoms with E-state index in [9.17, 15) is 4.79 Å². The van der Waals surface area contributed by atoms with Crippen LogP contribution in [0.5, 0.6) is 23.0 Å². The Morgan fingerprint density at radius 1 is 0.905 bits per heavy atom. The van der Waals surface area contributed by atoms with Gasteiger partial charge in [-0.2, -0.15) is 0 Å². The van der Waals surface area contributed by atoms with Crippen molar-refractivity contribution in [2.24, 2.45) is 0 Å². The van der Waals surface area contributed by atoms with Gasteiger partial charge in [-0.3, -0.25) is 4.79 Å². The number of aldehydes is 1. The van der Waals surface area contributed by atoms with Gasteiger partial charge >= 0.3 is 0 Å². The van der Waals surface area contributed by atoms with E-state index in [1.54, 1.807) is 35.4 Å². The van der Waals surface area contributed by atoms with E-state index in [1.807, 2.05) is 13.0 Å². The normalized spacial score (nSPS) is 11.0. The summed E-state index contributed by atoms with van der Waals surface area (Å²) in [4.78, 5) is 10.7. The zero-order valence-corrected chi connectivity index (χ0v) is 13.4. The highest BCUT2D eigenvalue weighted by molar-refractivity contribution is 5.72. The molecule has 5 nitrogen and oxygen atoms in total. The van der Waals surface area contributed by atoms with Crippen LogP contribution in [0.1, 0.15) is 18.1 Å². The van der Waals surface area contributed by atoms with Crippen LogP contribution in [-0.2, 0) is 11.2 Å². The van der Waals surface area contributed by atoms with Crippen LogP contribution in [0, 0.1) is 6.92 Å². The maximum absolute atomic E-state index is 10.7. The first-order valence-corrected chi connectivity index (χ1v) is 6.52. The molecule has 0 amide bonds. The Morgan fingerprint density at radius 3 is 1.81 bits per heavy atom. The average molecular weight is 294 g/mol. The van der Waals surface area contributed by atoms with Crippen LogP contribution in [0.15, 0.2) is 11.6 Å². The number of carbonyl (C=O) groups is 1. The Labute approximate surface area is 125 Å². The van der Waals surface area contributed by atoms with Crippen molar-refractivity contribution in [1.29, 1.82) is 0 Å². The number of hydrogen-bond donors (Lipinski definition) is 0. The quantitative estimate of drug-likeness (QED) is 0.571. The maximum atomic E-state index is 10.7. The molecule has 5 heteroatoms. The minimum atomic E-state index is 0.481. The van der Waals surface area contributed by atoms with Gasteiger partial charge in [0.1, 0.15) is 6.29 Å². The lowest BCUT2D eigenvalue weighted by Crippen LogP contribution is -2.04. The molecule has 0 unspecified atom stereocenters. The van der Waals surface area contributed by atoms with Crippen LogP contribution in [0.4, 0.5) is 0 Å². The summed E-state index contributed by atoms with van der Waals surface area (Å²) >= 11 is 0. The highest BCUT2D eigenvalue weighted by Gasteiger charge is 2.24. The van der Waals surface area contributed by atoms with Crippen LogP contribution in [0.25, 0.3) is 0 Å². The van der Waals surface area contributed by atoms with E-state index < -0.39 is 0 Å². The number of benzene rings is 1. The first kappa shape index (κ1) is 16.9. The Kier molecular flexibility index (Phi) is 6.09. The predicted octanol–water partition coefficient (Wildman–Crippen LogP) is 2.72. The number of carbonyl (C=O) groups excluding carboxylic acids is 1. The van der Waals surface area contributed by atoms with Crippen molar-refractivity contribution >= 4 is 6.29 Å². The van der Waals surface area contributed by atoms with E-state index in [1.165, 1.54) is 0 Å². The lowest BCUT2D eigenvalue weighted by molar-refractivity contribution is -0.104. The molecule has 0 saturated carbocycles. The Hall–Kier alpha value is -2.17. The third-order valence-electron chi connectivity index (χ3n) is 3.32. The molecule has 0 heterocycles. The summed E-state index contributed by atoms with van der Waals surface area (Å²) in [6.45, 7) is 3.68. The standard InChI is InChI=1S/C16H22O5/c1-10(9-17)7-8-12-11(2)13(18-3)15(20-5)16(21-6)14(12)19-4/h7,9H,8H2,1-6H3/b10-7+. The molecule has 0 fully saturated rings. The van der Waals surface area contributed by atoms with Gasteiger partial charge in [0.25, 0.3) is 0 Å². The van der Waals surface area contributed by atoms with E-state index in [2.05, 4.69) is 0 Å². The Bertz CT molecular complexity index is 546. The molecule has 0 aliphatic heterocycles. The number of ether oxygens (including phenoxy) is 4. The molecule has 0 N–H and O–H groups in total. The molecule has 1 aromatic carbocycles. The molecule has 21 heavy (non-hydrogen) atoms. The summed E-state index contributed by atoms with van der Waals surface area (Å²) in [5, 5.41) is 0.